The van der Waals surface area contributed by atoms with Crippen LogP contribution in [0.5, 0.6) is 0 Å². The van der Waals surface area contributed by atoms with E-state index < -0.39 is 11.4 Å². The molecule has 6 heteroatoms. The van der Waals surface area contributed by atoms with E-state index >= 15 is 0 Å². The van der Waals surface area contributed by atoms with Gasteiger partial charge in [-0.3, -0.25) is 0 Å². The third kappa shape index (κ3) is 24.1. The van der Waals surface area contributed by atoms with Gasteiger partial charge in [-0.2, -0.15) is 0 Å². The molecule has 0 radical (unpaired) electrons. The lowest BCUT2D eigenvalue weighted by atomic mass is 9.93. The standard InChI is InChI=1S/C48H88N2O4/c1-5-7-9-11-13-15-17-19-21-23-25-27-29-31-33-35-39-48(40-36-34-32-30-28-26-24-22-20-18-16-14-12-10-8-6-2)53-45-47(54-48)38-37-41-50(44-47)46(51)52-43-42-49(3)4/h13,15,19-22H,5-12,14,16-18,23-45H2,1-4H3/b15-13-,21-19-,22-20-. The van der Waals surface area contributed by atoms with Crippen LogP contribution >= 0.6 is 0 Å². The highest BCUT2D eigenvalue weighted by Crippen LogP contribution is 2.43. The maximum absolute atomic E-state index is 12.9. The Morgan fingerprint density at radius 3 is 1.65 bits per heavy atom. The monoisotopic (exact) mass is 757 g/mol. The number of piperidine rings is 1. The van der Waals surface area contributed by atoms with Crippen LogP contribution in [0.3, 0.4) is 0 Å². The van der Waals surface area contributed by atoms with Gasteiger partial charge in [-0.15, -0.1) is 0 Å². The highest BCUT2D eigenvalue weighted by Gasteiger charge is 2.52. The summed E-state index contributed by atoms with van der Waals surface area (Å²) in [4.78, 5) is 16.8. The molecule has 2 heterocycles. The number of hydrogen-bond donors (Lipinski definition) is 0. The number of likely N-dealkylation sites (tertiary alicyclic amines) is 1. The second kappa shape index (κ2) is 32.5. The molecule has 1 spiro atoms. The van der Waals surface area contributed by atoms with Gasteiger partial charge < -0.3 is 24.0 Å². The zero-order valence-corrected chi connectivity index (χ0v) is 36.2. The molecular formula is C48H88N2O4. The molecule has 0 aromatic rings. The third-order valence-electron chi connectivity index (χ3n) is 11.4. The number of allylic oxidation sites excluding steroid dienone is 6. The molecule has 0 aromatic carbocycles. The van der Waals surface area contributed by atoms with Crippen molar-refractivity contribution in [2.75, 3.05) is 46.9 Å². The quantitative estimate of drug-likeness (QED) is 0.0483. The molecule has 2 atom stereocenters. The maximum Gasteiger partial charge on any atom is 0.409 e. The SMILES string of the molecule is CCCCC/C=C\C/C=C\CCCCCCCCC1(CCCCCCCC/C=C\CCCCCCCC)OCC2(CCCN(C(=O)OCCN(C)C)C2)O1. The van der Waals surface area contributed by atoms with Crippen LogP contribution in [0.25, 0.3) is 0 Å². The summed E-state index contributed by atoms with van der Waals surface area (Å²) in [5, 5.41) is 0. The maximum atomic E-state index is 12.9. The van der Waals surface area contributed by atoms with Crippen molar-refractivity contribution in [2.24, 2.45) is 0 Å². The van der Waals surface area contributed by atoms with Crippen molar-refractivity contribution < 1.29 is 19.0 Å². The molecule has 2 aliphatic rings. The van der Waals surface area contributed by atoms with Gasteiger partial charge in [-0.25, -0.2) is 4.79 Å². The van der Waals surface area contributed by atoms with Gasteiger partial charge in [0.2, 0.25) is 0 Å². The molecule has 0 aliphatic carbocycles. The van der Waals surface area contributed by atoms with E-state index in [0.29, 0.717) is 19.8 Å². The molecule has 1 amide bonds. The molecule has 0 aromatic heterocycles. The van der Waals surface area contributed by atoms with Crippen molar-refractivity contribution >= 4 is 6.09 Å². The highest BCUT2D eigenvalue weighted by molar-refractivity contribution is 5.67. The van der Waals surface area contributed by atoms with Gasteiger partial charge in [-0.05, 0) is 97.6 Å². The van der Waals surface area contributed by atoms with E-state index in [9.17, 15) is 4.79 Å². The van der Waals surface area contributed by atoms with Gasteiger partial charge in [0.15, 0.2) is 5.79 Å². The molecule has 0 saturated carbocycles. The Morgan fingerprint density at radius 2 is 1.11 bits per heavy atom. The minimum atomic E-state index is -0.506. The third-order valence-corrected chi connectivity index (χ3v) is 11.4. The molecular weight excluding hydrogens is 669 g/mol. The molecule has 2 saturated heterocycles. The largest absolute Gasteiger partial charge is 0.448 e. The minimum Gasteiger partial charge on any atom is -0.448 e. The fourth-order valence-corrected chi connectivity index (χ4v) is 7.97. The molecule has 54 heavy (non-hydrogen) atoms. The van der Waals surface area contributed by atoms with E-state index in [1.54, 1.807) is 0 Å². The number of ether oxygens (including phenoxy) is 3. The van der Waals surface area contributed by atoms with Crippen molar-refractivity contribution in [1.82, 2.24) is 9.80 Å². The van der Waals surface area contributed by atoms with Crippen LogP contribution in [0.2, 0.25) is 0 Å². The number of unbranched alkanes of at least 4 members (excludes halogenated alkanes) is 21. The topological polar surface area (TPSA) is 51.2 Å². The number of carbonyl (C=O) groups is 1. The van der Waals surface area contributed by atoms with Crippen LogP contribution in [0.4, 0.5) is 4.79 Å². The Kier molecular flexibility index (Phi) is 29.2. The number of likely N-dealkylation sites (N-methyl/N-ethyl adjacent to an activating group) is 1. The first kappa shape index (κ1) is 48.5. The number of rotatable bonds is 34. The second-order valence-electron chi connectivity index (χ2n) is 16.9. The first-order valence-corrected chi connectivity index (χ1v) is 23.3. The average molecular weight is 757 g/mol. The van der Waals surface area contributed by atoms with Gasteiger partial charge in [-0.1, -0.05) is 147 Å². The fraction of sp³-hybridized carbons (Fsp3) is 0.854. The van der Waals surface area contributed by atoms with Crippen LogP contribution < -0.4 is 0 Å². The van der Waals surface area contributed by atoms with E-state index in [1.807, 2.05) is 23.9 Å². The lowest BCUT2D eigenvalue weighted by Gasteiger charge is -2.40. The lowest BCUT2D eigenvalue weighted by Crippen LogP contribution is -2.53. The van der Waals surface area contributed by atoms with E-state index in [1.165, 1.54) is 148 Å². The van der Waals surface area contributed by atoms with Crippen LogP contribution in [-0.2, 0) is 14.2 Å². The van der Waals surface area contributed by atoms with Crippen molar-refractivity contribution in [1.29, 1.82) is 0 Å². The van der Waals surface area contributed by atoms with Crippen molar-refractivity contribution in [3.8, 4) is 0 Å². The summed E-state index contributed by atoms with van der Waals surface area (Å²) in [5.41, 5.74) is -0.403. The summed E-state index contributed by atoms with van der Waals surface area (Å²) in [5.74, 6) is -0.506. The predicted octanol–water partition coefficient (Wildman–Crippen LogP) is 13.9. The molecule has 0 bridgehead atoms. The molecule has 0 N–H and O–H groups in total. The molecule has 6 nitrogen and oxygen atoms in total. The van der Waals surface area contributed by atoms with E-state index in [4.69, 9.17) is 14.2 Å². The van der Waals surface area contributed by atoms with E-state index in [2.05, 4.69) is 50.3 Å². The van der Waals surface area contributed by atoms with E-state index in [-0.39, 0.29) is 6.09 Å². The Bertz CT molecular complexity index is 980. The number of amides is 1. The first-order valence-electron chi connectivity index (χ1n) is 23.3. The molecule has 2 rings (SSSR count). The number of nitrogens with zero attached hydrogens (tertiary/aromatic N) is 2. The zero-order chi connectivity index (χ0) is 38.8. The Balaban J connectivity index is 1.71. The van der Waals surface area contributed by atoms with Crippen LogP contribution in [-0.4, -0.2) is 74.2 Å². The summed E-state index contributed by atoms with van der Waals surface area (Å²) in [6, 6.07) is 0. The molecule has 2 unspecified atom stereocenters. The summed E-state index contributed by atoms with van der Waals surface area (Å²) >= 11 is 0. The van der Waals surface area contributed by atoms with Crippen LogP contribution in [0.15, 0.2) is 36.5 Å². The molecule has 314 valence electrons. The van der Waals surface area contributed by atoms with Gasteiger partial charge >= 0.3 is 6.09 Å². The van der Waals surface area contributed by atoms with Crippen LogP contribution in [0.1, 0.15) is 206 Å². The van der Waals surface area contributed by atoms with Gasteiger partial charge in [0, 0.05) is 25.9 Å². The first-order chi connectivity index (χ1) is 26.4. The molecule has 2 aliphatic heterocycles. The van der Waals surface area contributed by atoms with Gasteiger partial charge in [0.1, 0.15) is 12.2 Å². The summed E-state index contributed by atoms with van der Waals surface area (Å²) in [6.45, 7) is 7.60. The summed E-state index contributed by atoms with van der Waals surface area (Å²) < 4.78 is 19.4. The summed E-state index contributed by atoms with van der Waals surface area (Å²) in [6.07, 6.45) is 51.3. The highest BCUT2D eigenvalue weighted by atomic mass is 16.8. The zero-order valence-electron chi connectivity index (χ0n) is 36.2. The average Bonchev–Trinajstić information content (AvgIpc) is 3.50. The molecule has 2 fully saturated rings. The van der Waals surface area contributed by atoms with Crippen molar-refractivity contribution in [3.63, 3.8) is 0 Å². The van der Waals surface area contributed by atoms with Crippen molar-refractivity contribution in [2.45, 2.75) is 218 Å². The minimum absolute atomic E-state index is 0.213. The van der Waals surface area contributed by atoms with Crippen molar-refractivity contribution in [3.05, 3.63) is 36.5 Å². The lowest BCUT2D eigenvalue weighted by molar-refractivity contribution is -0.204. The van der Waals surface area contributed by atoms with Crippen LogP contribution in [0, 0.1) is 0 Å². The fourth-order valence-electron chi connectivity index (χ4n) is 7.97. The second-order valence-corrected chi connectivity index (χ2v) is 16.9. The predicted molar refractivity (Wildman–Crippen MR) is 231 cm³/mol. The normalized spacial score (nSPS) is 20.6. The number of hydrogen-bond acceptors (Lipinski definition) is 5. The smallest absolute Gasteiger partial charge is 0.409 e. The Hall–Kier alpha value is -1.63. The van der Waals surface area contributed by atoms with E-state index in [0.717, 1.165) is 58.0 Å². The number of carbonyl (C=O) groups excluding carboxylic acids is 1. The Labute approximate surface area is 335 Å². The van der Waals surface area contributed by atoms with Gasteiger partial charge in [0.05, 0.1) is 13.2 Å². The Morgan fingerprint density at radius 1 is 0.648 bits per heavy atom. The summed E-state index contributed by atoms with van der Waals surface area (Å²) in [7, 11) is 4.00. The van der Waals surface area contributed by atoms with Gasteiger partial charge in [0.25, 0.3) is 0 Å².